The van der Waals surface area contributed by atoms with Crippen LogP contribution in [0.5, 0.6) is 0 Å². The fraction of sp³-hybridized carbons (Fsp3) is 0.483. The highest BCUT2D eigenvalue weighted by atomic mass is 16.5. The number of morpholine rings is 1. The van der Waals surface area contributed by atoms with E-state index < -0.39 is 0 Å². The van der Waals surface area contributed by atoms with E-state index >= 15 is 0 Å². The number of fused-ring (bicyclic) bond motifs is 1. The van der Waals surface area contributed by atoms with Crippen molar-refractivity contribution < 1.29 is 4.74 Å². The zero-order chi connectivity index (χ0) is 27.1. The average Bonchev–Trinajstić information content (AvgIpc) is 2.91. The first-order valence-electron chi connectivity index (χ1n) is 13.7. The maximum Gasteiger partial charge on any atom is 0.141 e. The largest absolute Gasteiger partial charge is 0.370 e. The summed E-state index contributed by atoms with van der Waals surface area (Å²) in [6, 6.07) is 14.2. The standard InChI is InChI=1S/C29H35BN8O/c1-20-15-37(25-6-3-21(13-31)28-24(25)5-7-26(30)34-28)17-23(39-20)16-35-9-11-36(12-10-35)22-4-8-27(33-14-22)38-18-29(2,32)19-38/h3-8,14,20,23H,9-12,15-19,32H2,1-2H3/t20-,23+/m1/s1. The Kier molecular flexibility index (Phi) is 6.83. The number of aromatic nitrogens is 2. The second kappa shape index (κ2) is 10.3. The lowest BCUT2D eigenvalue weighted by Crippen LogP contribution is -2.65. The summed E-state index contributed by atoms with van der Waals surface area (Å²) in [6.07, 6.45) is 2.19. The van der Waals surface area contributed by atoms with E-state index in [1.807, 2.05) is 24.4 Å². The highest BCUT2D eigenvalue weighted by molar-refractivity contribution is 6.31. The number of pyridine rings is 2. The van der Waals surface area contributed by atoms with Gasteiger partial charge in [0.1, 0.15) is 19.7 Å². The van der Waals surface area contributed by atoms with Crippen molar-refractivity contribution in [3.05, 3.63) is 48.2 Å². The second-order valence-electron chi connectivity index (χ2n) is 11.5. The molecule has 3 aliphatic heterocycles. The van der Waals surface area contributed by atoms with Crippen molar-refractivity contribution in [3.8, 4) is 6.07 Å². The van der Waals surface area contributed by atoms with E-state index in [-0.39, 0.29) is 17.7 Å². The minimum absolute atomic E-state index is 0.0958. The zero-order valence-corrected chi connectivity index (χ0v) is 22.8. The lowest BCUT2D eigenvalue weighted by Gasteiger charge is -2.46. The number of hydrogen-bond acceptors (Lipinski definition) is 9. The Morgan fingerprint density at radius 2 is 1.85 bits per heavy atom. The summed E-state index contributed by atoms with van der Waals surface area (Å²) in [5, 5.41) is 10.5. The minimum Gasteiger partial charge on any atom is -0.370 e. The van der Waals surface area contributed by atoms with Crippen LogP contribution in [0.4, 0.5) is 17.2 Å². The minimum atomic E-state index is -0.102. The van der Waals surface area contributed by atoms with Gasteiger partial charge in [-0.2, -0.15) is 5.26 Å². The van der Waals surface area contributed by atoms with Gasteiger partial charge in [-0.15, -0.1) is 0 Å². The van der Waals surface area contributed by atoms with E-state index in [4.69, 9.17) is 23.3 Å². The molecule has 0 saturated carbocycles. The molecule has 5 heterocycles. The molecule has 10 heteroatoms. The van der Waals surface area contributed by atoms with Gasteiger partial charge in [0.05, 0.1) is 35.2 Å². The van der Waals surface area contributed by atoms with E-state index in [2.05, 4.69) is 56.6 Å². The van der Waals surface area contributed by atoms with Gasteiger partial charge in [-0.05, 0) is 49.8 Å². The van der Waals surface area contributed by atoms with Gasteiger partial charge >= 0.3 is 0 Å². The molecule has 2 aromatic heterocycles. The van der Waals surface area contributed by atoms with Crippen LogP contribution in [0.1, 0.15) is 19.4 Å². The monoisotopic (exact) mass is 522 g/mol. The molecule has 3 aromatic rings. The molecule has 0 bridgehead atoms. The molecule has 0 amide bonds. The van der Waals surface area contributed by atoms with Gasteiger partial charge in [0.25, 0.3) is 0 Å². The number of hydrogen-bond donors (Lipinski definition) is 1. The molecule has 3 fully saturated rings. The van der Waals surface area contributed by atoms with Crippen LogP contribution in [0.2, 0.25) is 0 Å². The normalized spacial score (nSPS) is 23.5. The number of benzene rings is 1. The first kappa shape index (κ1) is 25.9. The second-order valence-corrected chi connectivity index (χ2v) is 11.5. The highest BCUT2D eigenvalue weighted by Crippen LogP contribution is 2.30. The van der Waals surface area contributed by atoms with Crippen molar-refractivity contribution in [2.75, 3.05) is 73.6 Å². The van der Waals surface area contributed by atoms with Crippen LogP contribution in [-0.4, -0.2) is 99.4 Å². The number of rotatable bonds is 5. The van der Waals surface area contributed by atoms with Crippen LogP contribution in [0, 0.1) is 11.3 Å². The number of nitrogens with zero attached hydrogens (tertiary/aromatic N) is 7. The predicted octanol–water partition coefficient (Wildman–Crippen LogP) is 1.25. The third-order valence-electron chi connectivity index (χ3n) is 8.00. The lowest BCUT2D eigenvalue weighted by atomic mass is 9.94. The number of nitriles is 1. The molecule has 0 unspecified atom stereocenters. The van der Waals surface area contributed by atoms with Gasteiger partial charge in [0.15, 0.2) is 0 Å². The van der Waals surface area contributed by atoms with Crippen LogP contribution in [0.3, 0.4) is 0 Å². The summed E-state index contributed by atoms with van der Waals surface area (Å²) in [5.41, 5.74) is 9.92. The molecule has 3 saturated heterocycles. The molecule has 2 N–H and O–H groups in total. The van der Waals surface area contributed by atoms with E-state index in [9.17, 15) is 5.26 Å². The fourth-order valence-corrected chi connectivity index (χ4v) is 6.14. The van der Waals surface area contributed by atoms with Gasteiger partial charge in [-0.3, -0.25) is 9.88 Å². The smallest absolute Gasteiger partial charge is 0.141 e. The molecule has 39 heavy (non-hydrogen) atoms. The Morgan fingerprint density at radius 1 is 1.05 bits per heavy atom. The van der Waals surface area contributed by atoms with E-state index in [0.717, 1.165) is 75.8 Å². The van der Waals surface area contributed by atoms with Gasteiger partial charge < -0.3 is 25.2 Å². The van der Waals surface area contributed by atoms with Crippen LogP contribution in [0.15, 0.2) is 42.6 Å². The van der Waals surface area contributed by atoms with E-state index in [1.54, 1.807) is 6.07 Å². The summed E-state index contributed by atoms with van der Waals surface area (Å²) in [5.74, 6) is 1.00. The molecule has 200 valence electrons. The third kappa shape index (κ3) is 5.39. The Hall–Kier alpha value is -3.39. The van der Waals surface area contributed by atoms with Gasteiger partial charge in [-0.25, -0.2) is 4.98 Å². The molecule has 6 rings (SSSR count). The summed E-state index contributed by atoms with van der Waals surface area (Å²) >= 11 is 0. The van der Waals surface area contributed by atoms with Crippen LogP contribution < -0.4 is 26.0 Å². The number of anilines is 3. The van der Waals surface area contributed by atoms with Crippen LogP contribution in [0.25, 0.3) is 10.9 Å². The van der Waals surface area contributed by atoms with E-state index in [1.165, 1.54) is 5.69 Å². The molecule has 1 aromatic carbocycles. The average molecular weight is 522 g/mol. The molecular weight excluding hydrogens is 487 g/mol. The Morgan fingerprint density at radius 3 is 2.54 bits per heavy atom. The van der Waals surface area contributed by atoms with Crippen molar-refractivity contribution in [1.82, 2.24) is 14.9 Å². The molecule has 3 aliphatic rings. The van der Waals surface area contributed by atoms with Crippen molar-refractivity contribution in [3.63, 3.8) is 0 Å². The molecule has 2 radical (unpaired) electrons. The van der Waals surface area contributed by atoms with E-state index in [0.29, 0.717) is 16.7 Å². The molecule has 0 aliphatic carbocycles. The quantitative estimate of drug-likeness (QED) is 0.497. The van der Waals surface area contributed by atoms with Crippen molar-refractivity contribution in [1.29, 1.82) is 5.26 Å². The summed E-state index contributed by atoms with van der Waals surface area (Å²) in [4.78, 5) is 18.7. The zero-order valence-electron chi connectivity index (χ0n) is 22.8. The number of piperazine rings is 1. The third-order valence-corrected chi connectivity index (χ3v) is 8.00. The lowest BCUT2D eigenvalue weighted by molar-refractivity contribution is -0.0327. The first-order valence-corrected chi connectivity index (χ1v) is 13.7. The molecule has 0 spiro atoms. The predicted molar refractivity (Wildman–Crippen MR) is 156 cm³/mol. The molecule has 2 atom stereocenters. The maximum atomic E-state index is 9.57. The Labute approximate surface area is 231 Å². The number of ether oxygens (including phenoxy) is 1. The molecular formula is C29H35BN8O. The van der Waals surface area contributed by atoms with Gasteiger partial charge in [-0.1, -0.05) is 6.07 Å². The van der Waals surface area contributed by atoms with Crippen molar-refractivity contribution in [2.45, 2.75) is 31.6 Å². The Bertz CT molecular complexity index is 1370. The van der Waals surface area contributed by atoms with Crippen molar-refractivity contribution in [2.24, 2.45) is 5.73 Å². The SMILES string of the molecule is [B]c1ccc2c(N3C[C@H](CN4CCN(c5ccc(N6CC(C)(N)C6)nc5)CC4)O[C@H](C)C3)ccc(C#N)c2n1. The summed E-state index contributed by atoms with van der Waals surface area (Å²) in [7, 11) is 5.93. The highest BCUT2D eigenvalue weighted by Gasteiger charge is 2.35. The van der Waals surface area contributed by atoms with Crippen LogP contribution in [-0.2, 0) is 4.74 Å². The fourth-order valence-electron chi connectivity index (χ4n) is 6.14. The van der Waals surface area contributed by atoms with Gasteiger partial charge in [0, 0.05) is 75.5 Å². The first-order chi connectivity index (χ1) is 18.8. The summed E-state index contributed by atoms with van der Waals surface area (Å²) in [6.45, 7) is 12.3. The van der Waals surface area contributed by atoms with Crippen molar-refractivity contribution >= 4 is 41.5 Å². The summed E-state index contributed by atoms with van der Waals surface area (Å²) < 4.78 is 6.39. The topological polar surface area (TPSA) is 97.8 Å². The molecule has 9 nitrogen and oxygen atoms in total. The Balaban J connectivity index is 1.07. The maximum absolute atomic E-state index is 9.57. The van der Waals surface area contributed by atoms with Crippen LogP contribution >= 0.6 is 0 Å². The van der Waals surface area contributed by atoms with Gasteiger partial charge in [0.2, 0.25) is 0 Å². The number of nitrogens with two attached hydrogens (primary N) is 1.